The Labute approximate surface area is 132 Å². The maximum atomic E-state index is 13.1. The van der Waals surface area contributed by atoms with E-state index in [1.165, 1.54) is 6.07 Å². The van der Waals surface area contributed by atoms with E-state index >= 15 is 0 Å². The average Bonchev–Trinajstić information content (AvgIpc) is 3.06. The van der Waals surface area contributed by atoms with Gasteiger partial charge in [0.25, 0.3) is 0 Å². The van der Waals surface area contributed by atoms with Crippen LogP contribution in [0.4, 0.5) is 9.18 Å². The third-order valence-electron chi connectivity index (χ3n) is 3.04. The predicted molar refractivity (Wildman–Crippen MR) is 82.5 cm³/mol. The SMILES string of the molecule is CC(C)(C)OC(=O)NC1CC1NCc1ccc(F)c(Br)c1. The highest BCUT2D eigenvalue weighted by Gasteiger charge is 2.38. The summed E-state index contributed by atoms with van der Waals surface area (Å²) in [6.45, 7) is 6.14. The molecular formula is C15H20BrFN2O2. The minimum Gasteiger partial charge on any atom is -0.444 e. The average molecular weight is 359 g/mol. The molecule has 1 fully saturated rings. The molecule has 2 N–H and O–H groups in total. The monoisotopic (exact) mass is 358 g/mol. The second-order valence-corrected chi connectivity index (χ2v) is 7.08. The van der Waals surface area contributed by atoms with Crippen molar-refractivity contribution in [3.8, 4) is 0 Å². The molecule has 0 heterocycles. The van der Waals surface area contributed by atoms with Gasteiger partial charge in [0.15, 0.2) is 0 Å². The highest BCUT2D eigenvalue weighted by atomic mass is 79.9. The predicted octanol–water partition coefficient (Wildman–Crippen LogP) is 3.34. The van der Waals surface area contributed by atoms with Crippen molar-refractivity contribution in [3.05, 3.63) is 34.1 Å². The van der Waals surface area contributed by atoms with Crippen molar-refractivity contribution in [1.29, 1.82) is 0 Å². The van der Waals surface area contributed by atoms with Crippen molar-refractivity contribution in [3.63, 3.8) is 0 Å². The number of hydrogen-bond donors (Lipinski definition) is 2. The van der Waals surface area contributed by atoms with Gasteiger partial charge in [0.05, 0.1) is 4.47 Å². The summed E-state index contributed by atoms with van der Waals surface area (Å²) < 4.78 is 18.8. The highest BCUT2D eigenvalue weighted by Crippen LogP contribution is 2.23. The minimum absolute atomic E-state index is 0.101. The van der Waals surface area contributed by atoms with Crippen LogP contribution in [-0.4, -0.2) is 23.8 Å². The molecule has 4 nitrogen and oxygen atoms in total. The van der Waals surface area contributed by atoms with Crippen molar-refractivity contribution < 1.29 is 13.9 Å². The molecule has 1 aliphatic carbocycles. The maximum Gasteiger partial charge on any atom is 0.407 e. The molecule has 2 unspecified atom stereocenters. The number of hydrogen-bond acceptors (Lipinski definition) is 3. The van der Waals surface area contributed by atoms with Crippen LogP contribution in [0.25, 0.3) is 0 Å². The molecule has 1 saturated carbocycles. The fourth-order valence-electron chi connectivity index (χ4n) is 1.94. The summed E-state index contributed by atoms with van der Waals surface area (Å²) in [5, 5.41) is 6.15. The molecule has 6 heteroatoms. The molecule has 0 spiro atoms. The highest BCUT2D eigenvalue weighted by molar-refractivity contribution is 9.10. The molecule has 0 saturated heterocycles. The van der Waals surface area contributed by atoms with Gasteiger partial charge in [-0.2, -0.15) is 0 Å². The van der Waals surface area contributed by atoms with Crippen LogP contribution in [0.2, 0.25) is 0 Å². The summed E-state index contributed by atoms with van der Waals surface area (Å²) in [6, 6.07) is 5.27. The normalized spacial score (nSPS) is 21.0. The van der Waals surface area contributed by atoms with Gasteiger partial charge in [0.2, 0.25) is 0 Å². The zero-order valence-corrected chi connectivity index (χ0v) is 14.0. The molecule has 1 aromatic carbocycles. The first-order valence-electron chi connectivity index (χ1n) is 6.91. The van der Waals surface area contributed by atoms with Crippen molar-refractivity contribution in [2.45, 2.75) is 51.4 Å². The van der Waals surface area contributed by atoms with Crippen LogP contribution in [0.15, 0.2) is 22.7 Å². The molecule has 21 heavy (non-hydrogen) atoms. The number of carbonyl (C=O) groups excluding carboxylic acids is 1. The van der Waals surface area contributed by atoms with Gasteiger partial charge in [-0.25, -0.2) is 9.18 Å². The van der Waals surface area contributed by atoms with Crippen LogP contribution in [0.3, 0.4) is 0 Å². The van der Waals surface area contributed by atoms with E-state index < -0.39 is 5.60 Å². The van der Waals surface area contributed by atoms with Crippen molar-refractivity contribution in [2.24, 2.45) is 0 Å². The number of carbonyl (C=O) groups is 1. The molecule has 0 aromatic heterocycles. The van der Waals surface area contributed by atoms with Gasteiger partial charge in [0, 0.05) is 18.6 Å². The molecule has 0 radical (unpaired) electrons. The molecule has 0 bridgehead atoms. The van der Waals surface area contributed by atoms with Gasteiger partial charge in [-0.3, -0.25) is 0 Å². The van der Waals surface area contributed by atoms with Gasteiger partial charge < -0.3 is 15.4 Å². The number of benzene rings is 1. The number of rotatable bonds is 4. The zero-order chi connectivity index (χ0) is 15.6. The Morgan fingerprint density at radius 2 is 2.14 bits per heavy atom. The summed E-state index contributed by atoms with van der Waals surface area (Å²) in [4.78, 5) is 11.6. The van der Waals surface area contributed by atoms with E-state index in [1.807, 2.05) is 20.8 Å². The lowest BCUT2D eigenvalue weighted by Gasteiger charge is -2.19. The molecular weight excluding hydrogens is 339 g/mol. The third kappa shape index (κ3) is 5.28. The van der Waals surface area contributed by atoms with Crippen LogP contribution in [0, 0.1) is 5.82 Å². The van der Waals surface area contributed by atoms with E-state index in [4.69, 9.17) is 4.74 Å². The first-order valence-corrected chi connectivity index (χ1v) is 7.71. The fourth-order valence-corrected chi connectivity index (χ4v) is 2.36. The number of halogens is 2. The van der Waals surface area contributed by atoms with E-state index in [-0.39, 0.29) is 24.0 Å². The van der Waals surface area contributed by atoms with Crippen molar-refractivity contribution >= 4 is 22.0 Å². The maximum absolute atomic E-state index is 13.1. The van der Waals surface area contributed by atoms with E-state index in [1.54, 1.807) is 12.1 Å². The fraction of sp³-hybridized carbons (Fsp3) is 0.533. The topological polar surface area (TPSA) is 50.4 Å². The number of ether oxygens (including phenoxy) is 1. The first-order chi connectivity index (χ1) is 9.74. The lowest BCUT2D eigenvalue weighted by Crippen LogP contribution is -2.36. The van der Waals surface area contributed by atoms with Crippen LogP contribution < -0.4 is 10.6 Å². The van der Waals surface area contributed by atoms with Crippen molar-refractivity contribution in [2.75, 3.05) is 0 Å². The first kappa shape index (κ1) is 16.2. The smallest absolute Gasteiger partial charge is 0.407 e. The van der Waals surface area contributed by atoms with E-state index in [0.29, 0.717) is 11.0 Å². The summed E-state index contributed by atoms with van der Waals surface area (Å²) >= 11 is 3.16. The van der Waals surface area contributed by atoms with Gasteiger partial charge in [-0.05, 0) is 60.8 Å². The third-order valence-corrected chi connectivity index (χ3v) is 3.65. The van der Waals surface area contributed by atoms with Gasteiger partial charge in [0.1, 0.15) is 11.4 Å². The Bertz CT molecular complexity index is 531. The largest absolute Gasteiger partial charge is 0.444 e. The standard InChI is InChI=1S/C15H20BrFN2O2/c1-15(2,3)21-14(20)19-13-7-12(13)18-8-9-4-5-11(17)10(16)6-9/h4-6,12-13,18H,7-8H2,1-3H3,(H,19,20). The summed E-state index contributed by atoms with van der Waals surface area (Å²) in [7, 11) is 0. The number of nitrogens with one attached hydrogen (secondary N) is 2. The molecule has 2 rings (SSSR count). The van der Waals surface area contributed by atoms with Crippen LogP contribution in [-0.2, 0) is 11.3 Å². The van der Waals surface area contributed by atoms with E-state index in [2.05, 4.69) is 26.6 Å². The number of alkyl carbamates (subject to hydrolysis) is 1. The Morgan fingerprint density at radius 1 is 1.43 bits per heavy atom. The minimum atomic E-state index is -0.484. The Morgan fingerprint density at radius 3 is 2.76 bits per heavy atom. The van der Waals surface area contributed by atoms with Gasteiger partial charge in [-0.1, -0.05) is 6.07 Å². The molecule has 1 aliphatic rings. The second kappa shape index (κ2) is 6.32. The lowest BCUT2D eigenvalue weighted by atomic mass is 10.2. The summed E-state index contributed by atoms with van der Waals surface area (Å²) in [5.74, 6) is -0.269. The lowest BCUT2D eigenvalue weighted by molar-refractivity contribution is 0.0522. The Hall–Kier alpha value is -1.14. The van der Waals surface area contributed by atoms with Crippen LogP contribution >= 0.6 is 15.9 Å². The molecule has 0 aliphatic heterocycles. The van der Waals surface area contributed by atoms with Crippen LogP contribution in [0.1, 0.15) is 32.8 Å². The zero-order valence-electron chi connectivity index (χ0n) is 12.4. The molecule has 1 amide bonds. The quantitative estimate of drug-likeness (QED) is 0.867. The van der Waals surface area contributed by atoms with Gasteiger partial charge >= 0.3 is 6.09 Å². The van der Waals surface area contributed by atoms with Crippen LogP contribution in [0.5, 0.6) is 0 Å². The second-order valence-electron chi connectivity index (χ2n) is 6.22. The van der Waals surface area contributed by atoms with Crippen molar-refractivity contribution in [1.82, 2.24) is 10.6 Å². The number of amides is 1. The summed E-state index contributed by atoms with van der Waals surface area (Å²) in [5.41, 5.74) is 0.508. The van der Waals surface area contributed by atoms with Gasteiger partial charge in [-0.15, -0.1) is 0 Å². The molecule has 2 atom stereocenters. The summed E-state index contributed by atoms with van der Waals surface area (Å²) in [6.07, 6.45) is 0.489. The molecule has 1 aromatic rings. The van der Waals surface area contributed by atoms with E-state index in [0.717, 1.165) is 12.0 Å². The Balaban J connectivity index is 1.72. The van der Waals surface area contributed by atoms with E-state index in [9.17, 15) is 9.18 Å². The Kier molecular flexibility index (Phi) is 4.88. The molecule has 116 valence electrons.